The number of nitrogen functional groups attached to an aromatic ring is 1. The molecule has 1 atom stereocenters. The zero-order valence-electron chi connectivity index (χ0n) is 12.3. The summed E-state index contributed by atoms with van der Waals surface area (Å²) in [6, 6.07) is 6.66. The van der Waals surface area contributed by atoms with Crippen LogP contribution < -0.4 is 11.1 Å². The molecule has 0 aliphatic rings. The van der Waals surface area contributed by atoms with E-state index in [1.165, 1.54) is 12.1 Å². The van der Waals surface area contributed by atoms with Crippen LogP contribution in [0, 0.1) is 18.7 Å². The van der Waals surface area contributed by atoms with Gasteiger partial charge in [-0.3, -0.25) is 4.79 Å². The third-order valence-electron chi connectivity index (χ3n) is 3.32. The Labute approximate surface area is 128 Å². The molecule has 1 heterocycles. The van der Waals surface area contributed by atoms with Crippen LogP contribution in [0.5, 0.6) is 0 Å². The second-order valence-corrected chi connectivity index (χ2v) is 6.39. The average Bonchev–Trinajstić information content (AvgIpc) is 2.93. The standard InChI is InChI=1S/C16H19FN2OS/c1-9(2)15(13-5-4-6-21-13)19-16(20)12-8-11(18)7-10(3)14(12)17/h4-9,15H,18H2,1-3H3,(H,19,20). The van der Waals surface area contributed by atoms with E-state index < -0.39 is 11.7 Å². The molecule has 3 nitrogen and oxygen atoms in total. The molecule has 0 fully saturated rings. The monoisotopic (exact) mass is 306 g/mol. The fraction of sp³-hybridized carbons (Fsp3) is 0.312. The van der Waals surface area contributed by atoms with E-state index in [0.717, 1.165) is 4.88 Å². The van der Waals surface area contributed by atoms with Crippen LogP contribution >= 0.6 is 11.3 Å². The number of thiophene rings is 1. The van der Waals surface area contributed by atoms with Gasteiger partial charge in [-0.25, -0.2) is 4.39 Å². The molecular weight excluding hydrogens is 287 g/mol. The van der Waals surface area contributed by atoms with E-state index in [1.807, 2.05) is 31.4 Å². The molecule has 1 aromatic carbocycles. The molecule has 1 unspecified atom stereocenters. The molecule has 5 heteroatoms. The summed E-state index contributed by atoms with van der Waals surface area (Å²) in [5.74, 6) is -0.747. The average molecular weight is 306 g/mol. The summed E-state index contributed by atoms with van der Waals surface area (Å²) in [5.41, 5.74) is 6.46. The Morgan fingerprint density at radius 2 is 2.10 bits per heavy atom. The molecule has 21 heavy (non-hydrogen) atoms. The minimum absolute atomic E-state index is 0.00490. The first-order valence-electron chi connectivity index (χ1n) is 6.80. The van der Waals surface area contributed by atoms with Crippen molar-refractivity contribution in [1.82, 2.24) is 5.32 Å². The van der Waals surface area contributed by atoms with Gasteiger partial charge in [0.1, 0.15) is 5.82 Å². The number of aryl methyl sites for hydroxylation is 1. The number of benzene rings is 1. The largest absolute Gasteiger partial charge is 0.399 e. The summed E-state index contributed by atoms with van der Waals surface area (Å²) in [4.78, 5) is 13.4. The van der Waals surface area contributed by atoms with E-state index in [4.69, 9.17) is 5.73 Å². The predicted octanol–water partition coefficient (Wildman–Crippen LogP) is 3.90. The lowest BCUT2D eigenvalue weighted by molar-refractivity contribution is 0.0922. The third kappa shape index (κ3) is 3.42. The van der Waals surface area contributed by atoms with Crippen molar-refractivity contribution in [1.29, 1.82) is 0 Å². The molecule has 0 bridgehead atoms. The zero-order valence-corrected chi connectivity index (χ0v) is 13.1. The maximum atomic E-state index is 14.1. The summed E-state index contributed by atoms with van der Waals surface area (Å²) in [6.07, 6.45) is 0. The number of hydrogen-bond acceptors (Lipinski definition) is 3. The lowest BCUT2D eigenvalue weighted by Gasteiger charge is -2.21. The number of nitrogens with two attached hydrogens (primary N) is 1. The number of carbonyl (C=O) groups is 1. The fourth-order valence-corrected chi connectivity index (χ4v) is 3.17. The Morgan fingerprint density at radius 3 is 2.67 bits per heavy atom. The molecule has 0 spiro atoms. The maximum Gasteiger partial charge on any atom is 0.254 e. The molecule has 112 valence electrons. The van der Waals surface area contributed by atoms with E-state index in [-0.39, 0.29) is 17.5 Å². The number of rotatable bonds is 4. The van der Waals surface area contributed by atoms with E-state index >= 15 is 0 Å². The van der Waals surface area contributed by atoms with Crippen LogP contribution in [0.2, 0.25) is 0 Å². The molecule has 0 saturated heterocycles. The number of amides is 1. The molecule has 2 rings (SSSR count). The number of carbonyl (C=O) groups excluding carboxylic acids is 1. The van der Waals surface area contributed by atoms with Gasteiger partial charge in [0.2, 0.25) is 0 Å². The van der Waals surface area contributed by atoms with Crippen molar-refractivity contribution in [3.8, 4) is 0 Å². The summed E-state index contributed by atoms with van der Waals surface area (Å²) >= 11 is 1.57. The smallest absolute Gasteiger partial charge is 0.254 e. The maximum absolute atomic E-state index is 14.1. The molecule has 0 aliphatic heterocycles. The van der Waals surface area contributed by atoms with Gasteiger partial charge < -0.3 is 11.1 Å². The lowest BCUT2D eigenvalue weighted by atomic mass is 10.0. The first kappa shape index (κ1) is 15.5. The molecule has 1 amide bonds. The van der Waals surface area contributed by atoms with Gasteiger partial charge in [-0.05, 0) is 42.0 Å². The zero-order chi connectivity index (χ0) is 15.6. The summed E-state index contributed by atoms with van der Waals surface area (Å²) in [6.45, 7) is 5.64. The molecule has 3 N–H and O–H groups in total. The van der Waals surface area contributed by atoms with Crippen molar-refractivity contribution in [3.05, 3.63) is 51.5 Å². The second-order valence-electron chi connectivity index (χ2n) is 5.41. The van der Waals surface area contributed by atoms with Crippen molar-refractivity contribution < 1.29 is 9.18 Å². The second kappa shape index (κ2) is 6.26. The quantitative estimate of drug-likeness (QED) is 0.842. The van der Waals surface area contributed by atoms with E-state index in [1.54, 1.807) is 18.3 Å². The highest BCUT2D eigenvalue weighted by molar-refractivity contribution is 7.10. The number of halogens is 1. The number of hydrogen-bond donors (Lipinski definition) is 2. The Morgan fingerprint density at radius 1 is 1.38 bits per heavy atom. The van der Waals surface area contributed by atoms with Gasteiger partial charge in [0.15, 0.2) is 0 Å². The Hall–Kier alpha value is -1.88. The first-order valence-corrected chi connectivity index (χ1v) is 7.68. The Bertz CT molecular complexity index is 638. The van der Waals surface area contributed by atoms with E-state index in [2.05, 4.69) is 5.32 Å². The van der Waals surface area contributed by atoms with Crippen molar-refractivity contribution in [3.63, 3.8) is 0 Å². The Kier molecular flexibility index (Phi) is 4.63. The highest BCUT2D eigenvalue weighted by Crippen LogP contribution is 2.27. The minimum atomic E-state index is -0.518. The molecule has 0 radical (unpaired) electrons. The van der Waals surface area contributed by atoms with Crippen LogP contribution in [-0.4, -0.2) is 5.91 Å². The topological polar surface area (TPSA) is 55.1 Å². The summed E-state index contributed by atoms with van der Waals surface area (Å²) in [5, 5.41) is 4.87. The van der Waals surface area contributed by atoms with Gasteiger partial charge in [0.05, 0.1) is 11.6 Å². The number of anilines is 1. The molecule has 0 saturated carbocycles. The normalized spacial score (nSPS) is 12.4. The van der Waals surface area contributed by atoms with Crippen molar-refractivity contribution in [2.24, 2.45) is 5.92 Å². The summed E-state index contributed by atoms with van der Waals surface area (Å²) < 4.78 is 14.1. The van der Waals surface area contributed by atoms with Crippen molar-refractivity contribution in [2.75, 3.05) is 5.73 Å². The van der Waals surface area contributed by atoms with Crippen LogP contribution in [0.1, 0.15) is 40.7 Å². The van der Waals surface area contributed by atoms with Gasteiger partial charge in [-0.15, -0.1) is 11.3 Å². The molecule has 2 aromatic rings. The van der Waals surface area contributed by atoms with Gasteiger partial charge in [-0.2, -0.15) is 0 Å². The molecule has 0 aliphatic carbocycles. The van der Waals surface area contributed by atoms with Gasteiger partial charge in [0.25, 0.3) is 5.91 Å². The van der Waals surface area contributed by atoms with Crippen LogP contribution in [0.25, 0.3) is 0 Å². The minimum Gasteiger partial charge on any atom is -0.399 e. The highest BCUT2D eigenvalue weighted by atomic mass is 32.1. The van der Waals surface area contributed by atoms with Crippen molar-refractivity contribution in [2.45, 2.75) is 26.8 Å². The number of nitrogens with one attached hydrogen (secondary N) is 1. The first-order chi connectivity index (χ1) is 9.90. The van der Waals surface area contributed by atoms with Crippen molar-refractivity contribution >= 4 is 22.9 Å². The van der Waals surface area contributed by atoms with Gasteiger partial charge >= 0.3 is 0 Å². The third-order valence-corrected chi connectivity index (χ3v) is 4.28. The fourth-order valence-electron chi connectivity index (χ4n) is 2.22. The SMILES string of the molecule is Cc1cc(N)cc(C(=O)NC(c2cccs2)C(C)C)c1F. The molecular formula is C16H19FN2OS. The van der Waals surface area contributed by atoms with Gasteiger partial charge in [-0.1, -0.05) is 19.9 Å². The van der Waals surface area contributed by atoms with Gasteiger partial charge in [0, 0.05) is 10.6 Å². The van der Waals surface area contributed by atoms with Crippen LogP contribution in [0.15, 0.2) is 29.6 Å². The van der Waals surface area contributed by atoms with E-state index in [9.17, 15) is 9.18 Å². The van der Waals surface area contributed by atoms with Crippen LogP contribution in [0.4, 0.5) is 10.1 Å². The van der Waals surface area contributed by atoms with E-state index in [0.29, 0.717) is 11.3 Å². The predicted molar refractivity (Wildman–Crippen MR) is 84.9 cm³/mol. The van der Waals surface area contributed by atoms with Crippen LogP contribution in [-0.2, 0) is 0 Å². The lowest BCUT2D eigenvalue weighted by Crippen LogP contribution is -2.32. The summed E-state index contributed by atoms with van der Waals surface area (Å²) in [7, 11) is 0. The van der Waals surface area contributed by atoms with Crippen LogP contribution in [0.3, 0.4) is 0 Å². The Balaban J connectivity index is 2.28. The highest BCUT2D eigenvalue weighted by Gasteiger charge is 2.22. The molecule has 1 aromatic heterocycles.